The topological polar surface area (TPSA) is 38.5 Å². The first-order chi connectivity index (χ1) is 8.11. The molecule has 2 N–H and O–H groups in total. The van der Waals surface area contributed by atoms with E-state index in [1.165, 1.54) is 4.88 Å². The number of likely N-dealkylation sites (tertiary alicyclic amines) is 1. The predicted molar refractivity (Wildman–Crippen MR) is 75.4 cm³/mol. The molecular weight excluding hydrogens is 300 g/mol. The van der Waals surface area contributed by atoms with Crippen LogP contribution in [0.1, 0.15) is 24.3 Å². The molecule has 3 unspecified atom stereocenters. The van der Waals surface area contributed by atoms with E-state index in [-0.39, 0.29) is 6.04 Å². The van der Waals surface area contributed by atoms with Crippen LogP contribution in [-0.4, -0.2) is 37.2 Å². The monoisotopic (exact) mass is 318 g/mol. The third-order valence-corrected chi connectivity index (χ3v) is 5.04. The van der Waals surface area contributed by atoms with Crippen molar-refractivity contribution < 1.29 is 4.74 Å². The molecule has 0 radical (unpaired) electrons. The molecule has 0 amide bonds. The SMILES string of the molecule is COC1CCN(C(c2cc(Br)cs2)C(C)N)C1. The number of hydrogen-bond acceptors (Lipinski definition) is 4. The molecule has 1 aromatic heterocycles. The highest BCUT2D eigenvalue weighted by Crippen LogP contribution is 2.33. The van der Waals surface area contributed by atoms with Gasteiger partial charge in [-0.3, -0.25) is 4.90 Å². The van der Waals surface area contributed by atoms with Gasteiger partial charge in [-0.05, 0) is 35.3 Å². The fraction of sp³-hybridized carbons (Fsp3) is 0.667. The molecule has 96 valence electrons. The summed E-state index contributed by atoms with van der Waals surface area (Å²) in [6.07, 6.45) is 1.46. The summed E-state index contributed by atoms with van der Waals surface area (Å²) in [5.41, 5.74) is 6.15. The van der Waals surface area contributed by atoms with Crippen molar-refractivity contribution in [1.82, 2.24) is 4.90 Å². The molecule has 17 heavy (non-hydrogen) atoms. The second-order valence-electron chi connectivity index (χ2n) is 4.61. The largest absolute Gasteiger partial charge is 0.380 e. The molecule has 3 atom stereocenters. The van der Waals surface area contributed by atoms with Gasteiger partial charge in [-0.25, -0.2) is 0 Å². The third kappa shape index (κ3) is 3.09. The van der Waals surface area contributed by atoms with E-state index < -0.39 is 0 Å². The molecule has 1 fully saturated rings. The van der Waals surface area contributed by atoms with Crippen LogP contribution in [0.2, 0.25) is 0 Å². The Morgan fingerprint density at radius 3 is 2.88 bits per heavy atom. The highest BCUT2D eigenvalue weighted by molar-refractivity contribution is 9.10. The smallest absolute Gasteiger partial charge is 0.0710 e. The number of halogens is 1. The van der Waals surface area contributed by atoms with Crippen LogP contribution in [0.3, 0.4) is 0 Å². The van der Waals surface area contributed by atoms with Crippen molar-refractivity contribution in [2.45, 2.75) is 31.5 Å². The van der Waals surface area contributed by atoms with Gasteiger partial charge >= 0.3 is 0 Å². The van der Waals surface area contributed by atoms with Crippen LogP contribution in [0.4, 0.5) is 0 Å². The summed E-state index contributed by atoms with van der Waals surface area (Å²) in [6.45, 7) is 4.14. The van der Waals surface area contributed by atoms with Gasteiger partial charge in [0.15, 0.2) is 0 Å². The molecule has 2 heterocycles. The van der Waals surface area contributed by atoms with Crippen LogP contribution in [0.5, 0.6) is 0 Å². The summed E-state index contributed by atoms with van der Waals surface area (Å²) in [5, 5.41) is 2.12. The van der Waals surface area contributed by atoms with Gasteiger partial charge in [-0.1, -0.05) is 0 Å². The number of thiophene rings is 1. The minimum Gasteiger partial charge on any atom is -0.380 e. The maximum Gasteiger partial charge on any atom is 0.0710 e. The third-order valence-electron chi connectivity index (χ3n) is 3.28. The zero-order chi connectivity index (χ0) is 12.4. The van der Waals surface area contributed by atoms with Crippen molar-refractivity contribution in [3.05, 3.63) is 20.8 Å². The Hall–Kier alpha value is 0.0600. The lowest BCUT2D eigenvalue weighted by molar-refractivity contribution is 0.0986. The summed E-state index contributed by atoms with van der Waals surface area (Å²) in [6, 6.07) is 2.63. The molecule has 2 rings (SSSR count). The van der Waals surface area contributed by atoms with Crippen LogP contribution in [0.15, 0.2) is 15.9 Å². The summed E-state index contributed by atoms with van der Waals surface area (Å²) in [7, 11) is 1.79. The fourth-order valence-electron chi connectivity index (χ4n) is 2.45. The highest BCUT2D eigenvalue weighted by Gasteiger charge is 2.31. The van der Waals surface area contributed by atoms with Gasteiger partial charge in [0.05, 0.1) is 12.1 Å². The van der Waals surface area contributed by atoms with E-state index in [1.54, 1.807) is 18.4 Å². The van der Waals surface area contributed by atoms with Crippen LogP contribution in [-0.2, 0) is 4.74 Å². The quantitative estimate of drug-likeness (QED) is 0.927. The van der Waals surface area contributed by atoms with Crippen molar-refractivity contribution in [2.24, 2.45) is 5.73 Å². The molecule has 0 saturated carbocycles. The van der Waals surface area contributed by atoms with E-state index in [0.717, 1.165) is 24.0 Å². The standard InChI is InChI=1S/C12H19BrN2OS/c1-8(14)12(11-5-9(13)7-17-11)15-4-3-10(6-15)16-2/h5,7-8,10,12H,3-4,6,14H2,1-2H3. The van der Waals surface area contributed by atoms with Gasteiger partial charge in [0, 0.05) is 41.0 Å². The Morgan fingerprint density at radius 2 is 2.41 bits per heavy atom. The van der Waals surface area contributed by atoms with E-state index in [0.29, 0.717) is 12.1 Å². The van der Waals surface area contributed by atoms with Crippen LogP contribution in [0, 0.1) is 0 Å². The van der Waals surface area contributed by atoms with E-state index in [1.807, 2.05) is 0 Å². The number of nitrogens with two attached hydrogens (primary N) is 1. The minimum atomic E-state index is 0.135. The Balaban J connectivity index is 2.13. The predicted octanol–water partition coefficient (Wildman–Crippen LogP) is 2.62. The first kappa shape index (κ1) is 13.5. The molecule has 0 bridgehead atoms. The number of methoxy groups -OCH3 is 1. The summed E-state index contributed by atoms with van der Waals surface area (Å²) >= 11 is 5.28. The van der Waals surface area contributed by atoms with Crippen molar-refractivity contribution in [3.8, 4) is 0 Å². The van der Waals surface area contributed by atoms with Crippen molar-refractivity contribution >= 4 is 27.3 Å². The Bertz CT molecular complexity index is 369. The van der Waals surface area contributed by atoms with Gasteiger partial charge < -0.3 is 10.5 Å². The first-order valence-corrected chi connectivity index (χ1v) is 7.55. The van der Waals surface area contributed by atoms with Crippen LogP contribution < -0.4 is 5.73 Å². The summed E-state index contributed by atoms with van der Waals surface area (Å²) in [5.74, 6) is 0. The van der Waals surface area contributed by atoms with Crippen LogP contribution >= 0.6 is 27.3 Å². The van der Waals surface area contributed by atoms with E-state index in [2.05, 4.69) is 39.2 Å². The zero-order valence-corrected chi connectivity index (χ0v) is 12.6. The molecule has 1 aromatic rings. The lowest BCUT2D eigenvalue weighted by atomic mass is 10.1. The highest BCUT2D eigenvalue weighted by atomic mass is 79.9. The minimum absolute atomic E-state index is 0.135. The van der Waals surface area contributed by atoms with Gasteiger partial charge in [-0.2, -0.15) is 0 Å². The van der Waals surface area contributed by atoms with Gasteiger partial charge in [-0.15, -0.1) is 11.3 Å². The number of nitrogens with zero attached hydrogens (tertiary/aromatic N) is 1. The van der Waals surface area contributed by atoms with E-state index >= 15 is 0 Å². The number of hydrogen-bond donors (Lipinski definition) is 1. The molecular formula is C12H19BrN2OS. The van der Waals surface area contributed by atoms with Gasteiger partial charge in [0.1, 0.15) is 0 Å². The average Bonchev–Trinajstić information content (AvgIpc) is 2.88. The molecule has 0 aliphatic carbocycles. The lowest BCUT2D eigenvalue weighted by Gasteiger charge is -2.30. The Labute approximate surface area is 115 Å². The van der Waals surface area contributed by atoms with Crippen molar-refractivity contribution in [1.29, 1.82) is 0 Å². The second-order valence-corrected chi connectivity index (χ2v) is 6.47. The second kappa shape index (κ2) is 5.80. The number of rotatable bonds is 4. The molecule has 1 aliphatic rings. The van der Waals surface area contributed by atoms with Gasteiger partial charge in [0.2, 0.25) is 0 Å². The zero-order valence-electron chi connectivity index (χ0n) is 10.2. The molecule has 0 spiro atoms. The fourth-order valence-corrected chi connectivity index (χ4v) is 4.15. The van der Waals surface area contributed by atoms with Gasteiger partial charge in [0.25, 0.3) is 0 Å². The molecule has 5 heteroatoms. The van der Waals surface area contributed by atoms with E-state index in [9.17, 15) is 0 Å². The Morgan fingerprint density at radius 1 is 1.65 bits per heavy atom. The van der Waals surface area contributed by atoms with Crippen LogP contribution in [0.25, 0.3) is 0 Å². The maximum absolute atomic E-state index is 6.15. The first-order valence-electron chi connectivity index (χ1n) is 5.88. The molecule has 0 aromatic carbocycles. The Kier molecular flexibility index (Phi) is 4.60. The average molecular weight is 319 g/mol. The maximum atomic E-state index is 6.15. The molecule has 1 aliphatic heterocycles. The molecule has 1 saturated heterocycles. The summed E-state index contributed by atoms with van der Waals surface area (Å²) in [4.78, 5) is 3.78. The summed E-state index contributed by atoms with van der Waals surface area (Å²) < 4.78 is 6.57. The van der Waals surface area contributed by atoms with Crippen molar-refractivity contribution in [2.75, 3.05) is 20.2 Å². The lowest BCUT2D eigenvalue weighted by Crippen LogP contribution is -2.38. The van der Waals surface area contributed by atoms with E-state index in [4.69, 9.17) is 10.5 Å². The molecule has 3 nitrogen and oxygen atoms in total. The number of ether oxygens (including phenoxy) is 1. The van der Waals surface area contributed by atoms with Crippen molar-refractivity contribution in [3.63, 3.8) is 0 Å². The normalized spacial score (nSPS) is 25.1.